The van der Waals surface area contributed by atoms with Crippen LogP contribution in [0, 0.1) is 5.41 Å². The summed E-state index contributed by atoms with van der Waals surface area (Å²) >= 11 is 0. The third-order valence-electron chi connectivity index (χ3n) is 4.46. The molecule has 1 N–H and O–H groups in total. The lowest BCUT2D eigenvalue weighted by Gasteiger charge is -2.39. The number of hydrogen-bond acceptors (Lipinski definition) is 3. The van der Waals surface area contributed by atoms with Crippen molar-refractivity contribution in [2.45, 2.75) is 65.9 Å². The van der Waals surface area contributed by atoms with E-state index in [1.807, 2.05) is 0 Å². The zero-order chi connectivity index (χ0) is 14.8. The molecule has 0 aliphatic carbocycles. The third kappa shape index (κ3) is 6.55. The van der Waals surface area contributed by atoms with Crippen molar-refractivity contribution in [2.24, 2.45) is 5.41 Å². The largest absolute Gasteiger partial charge is 0.377 e. The van der Waals surface area contributed by atoms with Crippen molar-refractivity contribution in [1.82, 2.24) is 10.2 Å². The minimum Gasteiger partial charge on any atom is -0.377 e. The van der Waals surface area contributed by atoms with Crippen LogP contribution in [0.5, 0.6) is 0 Å². The van der Waals surface area contributed by atoms with E-state index < -0.39 is 0 Å². The van der Waals surface area contributed by atoms with E-state index in [0.717, 1.165) is 32.7 Å². The van der Waals surface area contributed by atoms with Gasteiger partial charge in [-0.05, 0) is 50.6 Å². The molecule has 0 aromatic rings. The maximum absolute atomic E-state index is 5.95. The smallest absolute Gasteiger partial charge is 0.0702 e. The van der Waals surface area contributed by atoms with Crippen LogP contribution in [0.15, 0.2) is 0 Å². The highest BCUT2D eigenvalue weighted by Crippen LogP contribution is 2.24. The Morgan fingerprint density at radius 3 is 2.70 bits per heavy atom. The van der Waals surface area contributed by atoms with Crippen molar-refractivity contribution < 1.29 is 4.74 Å². The van der Waals surface area contributed by atoms with Crippen LogP contribution in [0.2, 0.25) is 0 Å². The van der Waals surface area contributed by atoms with Crippen molar-refractivity contribution in [1.29, 1.82) is 0 Å². The summed E-state index contributed by atoms with van der Waals surface area (Å²) in [4.78, 5) is 2.63. The van der Waals surface area contributed by atoms with Crippen LogP contribution >= 0.6 is 0 Å². The molecule has 1 fully saturated rings. The predicted octanol–water partition coefficient (Wildman–Crippen LogP) is 3.29. The fraction of sp³-hybridized carbons (Fsp3) is 1.00. The Morgan fingerprint density at radius 2 is 2.05 bits per heavy atom. The lowest BCUT2D eigenvalue weighted by molar-refractivity contribution is -0.0107. The zero-order valence-corrected chi connectivity index (χ0v) is 14.2. The lowest BCUT2D eigenvalue weighted by Crippen LogP contribution is -2.47. The second kappa shape index (κ2) is 9.75. The van der Waals surface area contributed by atoms with Crippen molar-refractivity contribution >= 4 is 0 Å². The summed E-state index contributed by atoms with van der Waals surface area (Å²) in [5, 5.41) is 3.60. The summed E-state index contributed by atoms with van der Waals surface area (Å²) in [6, 6.07) is 0. The molecule has 0 aromatic heterocycles. The molecule has 3 heteroatoms. The van der Waals surface area contributed by atoms with Crippen LogP contribution in [-0.4, -0.2) is 50.3 Å². The lowest BCUT2D eigenvalue weighted by atomic mass is 9.86. The third-order valence-corrected chi connectivity index (χ3v) is 4.46. The highest BCUT2D eigenvalue weighted by molar-refractivity contribution is 4.83. The van der Waals surface area contributed by atoms with Crippen molar-refractivity contribution in [3.63, 3.8) is 0 Å². The zero-order valence-electron chi connectivity index (χ0n) is 14.2. The Morgan fingerprint density at radius 1 is 1.25 bits per heavy atom. The Labute approximate surface area is 126 Å². The number of likely N-dealkylation sites (tertiary alicyclic amines) is 1. The molecular formula is C17H36N2O. The normalized spacial score (nSPS) is 23.7. The van der Waals surface area contributed by atoms with Crippen LogP contribution in [0.4, 0.5) is 0 Å². The summed E-state index contributed by atoms with van der Waals surface area (Å²) < 4.78 is 5.95. The van der Waals surface area contributed by atoms with Gasteiger partial charge in [0.05, 0.1) is 6.10 Å². The van der Waals surface area contributed by atoms with E-state index in [-0.39, 0.29) is 0 Å². The fourth-order valence-corrected chi connectivity index (χ4v) is 2.98. The first-order valence-corrected chi connectivity index (χ1v) is 8.68. The molecule has 0 aromatic carbocycles. The van der Waals surface area contributed by atoms with Gasteiger partial charge in [-0.25, -0.2) is 0 Å². The van der Waals surface area contributed by atoms with Crippen molar-refractivity contribution in [2.75, 3.05) is 39.3 Å². The van der Waals surface area contributed by atoms with Gasteiger partial charge in [0.1, 0.15) is 0 Å². The first kappa shape index (κ1) is 17.9. The standard InChI is InChI=1S/C17H36N2O/c1-5-10-18-14-17(4,7-3)15-19-11-8-9-16(13-19)20-12-6-2/h16,18H,5-15H2,1-4H3. The molecule has 1 aliphatic heterocycles. The van der Waals surface area contributed by atoms with E-state index in [0.29, 0.717) is 11.5 Å². The Hall–Kier alpha value is -0.120. The van der Waals surface area contributed by atoms with Gasteiger partial charge >= 0.3 is 0 Å². The summed E-state index contributed by atoms with van der Waals surface area (Å²) in [6.07, 6.45) is 6.58. The molecule has 3 nitrogen and oxygen atoms in total. The number of piperidine rings is 1. The van der Waals surface area contributed by atoms with E-state index in [2.05, 4.69) is 37.9 Å². The van der Waals surface area contributed by atoms with Crippen LogP contribution in [-0.2, 0) is 4.74 Å². The van der Waals surface area contributed by atoms with E-state index in [4.69, 9.17) is 4.74 Å². The molecule has 0 radical (unpaired) electrons. The predicted molar refractivity (Wildman–Crippen MR) is 87.3 cm³/mol. The van der Waals surface area contributed by atoms with Gasteiger partial charge in [-0.3, -0.25) is 0 Å². The number of nitrogens with one attached hydrogen (secondary N) is 1. The maximum Gasteiger partial charge on any atom is 0.0702 e. The molecule has 1 rings (SSSR count). The monoisotopic (exact) mass is 284 g/mol. The summed E-state index contributed by atoms with van der Waals surface area (Å²) in [5.74, 6) is 0. The highest BCUT2D eigenvalue weighted by Gasteiger charge is 2.28. The van der Waals surface area contributed by atoms with E-state index in [1.54, 1.807) is 0 Å². The van der Waals surface area contributed by atoms with E-state index in [1.165, 1.54) is 38.8 Å². The number of ether oxygens (including phenoxy) is 1. The second-order valence-electron chi connectivity index (χ2n) is 6.71. The summed E-state index contributed by atoms with van der Waals surface area (Å²) in [7, 11) is 0. The van der Waals surface area contributed by atoms with Gasteiger partial charge in [0.2, 0.25) is 0 Å². The molecule has 0 bridgehead atoms. The minimum absolute atomic E-state index is 0.391. The van der Waals surface area contributed by atoms with Gasteiger partial charge in [-0.15, -0.1) is 0 Å². The molecule has 0 amide bonds. The SMILES string of the molecule is CCCNCC(C)(CC)CN1CCCC(OCCC)C1. The average molecular weight is 284 g/mol. The highest BCUT2D eigenvalue weighted by atomic mass is 16.5. The number of hydrogen-bond donors (Lipinski definition) is 1. The first-order valence-electron chi connectivity index (χ1n) is 8.68. The minimum atomic E-state index is 0.391. The molecule has 1 heterocycles. The molecule has 2 unspecified atom stereocenters. The topological polar surface area (TPSA) is 24.5 Å². The van der Waals surface area contributed by atoms with Crippen LogP contribution in [0.1, 0.15) is 59.8 Å². The van der Waals surface area contributed by atoms with Gasteiger partial charge in [-0.2, -0.15) is 0 Å². The molecule has 2 atom stereocenters. The fourth-order valence-electron chi connectivity index (χ4n) is 2.98. The molecular weight excluding hydrogens is 248 g/mol. The maximum atomic E-state index is 5.95. The molecule has 0 spiro atoms. The van der Waals surface area contributed by atoms with Crippen LogP contribution in [0.3, 0.4) is 0 Å². The van der Waals surface area contributed by atoms with Gasteiger partial charge in [0.25, 0.3) is 0 Å². The Kier molecular flexibility index (Phi) is 8.74. The molecule has 120 valence electrons. The van der Waals surface area contributed by atoms with Crippen molar-refractivity contribution in [3.05, 3.63) is 0 Å². The molecule has 1 saturated heterocycles. The van der Waals surface area contributed by atoms with Gasteiger partial charge < -0.3 is 15.0 Å². The summed E-state index contributed by atoms with van der Waals surface area (Å²) in [6.45, 7) is 15.9. The van der Waals surface area contributed by atoms with Gasteiger partial charge in [0.15, 0.2) is 0 Å². The van der Waals surface area contributed by atoms with Crippen LogP contribution < -0.4 is 5.32 Å². The summed E-state index contributed by atoms with van der Waals surface area (Å²) in [5.41, 5.74) is 0.391. The quantitative estimate of drug-likeness (QED) is 0.623. The van der Waals surface area contributed by atoms with E-state index >= 15 is 0 Å². The second-order valence-corrected chi connectivity index (χ2v) is 6.71. The van der Waals surface area contributed by atoms with Gasteiger partial charge in [0, 0.05) is 26.2 Å². The van der Waals surface area contributed by atoms with Crippen LogP contribution in [0.25, 0.3) is 0 Å². The number of nitrogens with zero attached hydrogens (tertiary/aromatic N) is 1. The molecule has 20 heavy (non-hydrogen) atoms. The van der Waals surface area contributed by atoms with E-state index in [9.17, 15) is 0 Å². The molecule has 0 saturated carbocycles. The Bertz CT molecular complexity index is 247. The number of rotatable bonds is 10. The Balaban J connectivity index is 2.39. The first-order chi connectivity index (χ1) is 9.63. The average Bonchev–Trinajstić information content (AvgIpc) is 2.46. The van der Waals surface area contributed by atoms with Crippen molar-refractivity contribution in [3.8, 4) is 0 Å². The van der Waals surface area contributed by atoms with Gasteiger partial charge in [-0.1, -0.05) is 27.7 Å². The molecule has 1 aliphatic rings.